The Hall–Kier alpha value is -3.07. The van der Waals surface area contributed by atoms with E-state index in [-0.39, 0.29) is 5.57 Å². The minimum Gasteiger partial charge on any atom is -0.488 e. The Kier molecular flexibility index (Phi) is 7.51. The zero-order chi connectivity index (χ0) is 22.4. The number of hydrogen-bond donors (Lipinski definition) is 1. The Balaban J connectivity index is 1.83. The van der Waals surface area contributed by atoms with Crippen molar-refractivity contribution in [2.45, 2.75) is 20.5 Å². The van der Waals surface area contributed by atoms with E-state index in [1.54, 1.807) is 18.2 Å². The van der Waals surface area contributed by atoms with Crippen molar-refractivity contribution in [1.82, 2.24) is 0 Å². The zero-order valence-electron chi connectivity index (χ0n) is 17.1. The van der Waals surface area contributed by atoms with E-state index in [1.807, 2.05) is 62.4 Å². The van der Waals surface area contributed by atoms with E-state index in [2.05, 4.69) is 21.2 Å². The number of ether oxygens (including phenoxy) is 1. The third-order valence-corrected chi connectivity index (χ3v) is 5.34. The molecule has 0 radical (unpaired) electrons. The number of carbonyl (C=O) groups is 1. The molecule has 0 aliphatic heterocycles. The molecule has 31 heavy (non-hydrogen) atoms. The van der Waals surface area contributed by atoms with Gasteiger partial charge in [0, 0.05) is 20.7 Å². The van der Waals surface area contributed by atoms with Crippen molar-refractivity contribution in [2.24, 2.45) is 0 Å². The van der Waals surface area contributed by atoms with E-state index < -0.39 is 5.91 Å². The van der Waals surface area contributed by atoms with Gasteiger partial charge in [-0.2, -0.15) is 5.26 Å². The summed E-state index contributed by atoms with van der Waals surface area (Å²) in [6.45, 7) is 4.23. The van der Waals surface area contributed by atoms with Gasteiger partial charge in [-0.15, -0.1) is 0 Å². The van der Waals surface area contributed by atoms with Crippen molar-refractivity contribution in [3.8, 4) is 11.8 Å². The van der Waals surface area contributed by atoms with Gasteiger partial charge in [0.25, 0.3) is 5.91 Å². The maximum Gasteiger partial charge on any atom is 0.266 e. The van der Waals surface area contributed by atoms with Crippen LogP contribution < -0.4 is 10.1 Å². The summed E-state index contributed by atoms with van der Waals surface area (Å²) in [5.74, 6) is 0.0349. The molecule has 1 N–H and O–H groups in total. The van der Waals surface area contributed by atoms with Crippen molar-refractivity contribution in [1.29, 1.82) is 5.26 Å². The second-order valence-corrected chi connectivity index (χ2v) is 8.39. The summed E-state index contributed by atoms with van der Waals surface area (Å²) in [6, 6.07) is 20.5. The van der Waals surface area contributed by atoms with Crippen molar-refractivity contribution < 1.29 is 9.53 Å². The number of nitriles is 1. The highest BCUT2D eigenvalue weighted by Crippen LogP contribution is 2.27. The zero-order valence-corrected chi connectivity index (χ0v) is 19.4. The minimum absolute atomic E-state index is 0.0456. The first-order valence-corrected chi connectivity index (χ1v) is 10.7. The average Bonchev–Trinajstić information content (AvgIpc) is 2.74. The van der Waals surface area contributed by atoms with Gasteiger partial charge >= 0.3 is 0 Å². The fourth-order valence-corrected chi connectivity index (χ4v) is 3.40. The molecule has 3 rings (SSSR count). The average molecular weight is 496 g/mol. The molecule has 0 aliphatic carbocycles. The van der Waals surface area contributed by atoms with Gasteiger partial charge in [-0.1, -0.05) is 57.4 Å². The molecule has 1 amide bonds. The van der Waals surface area contributed by atoms with Crippen molar-refractivity contribution in [2.75, 3.05) is 5.32 Å². The minimum atomic E-state index is -0.492. The summed E-state index contributed by atoms with van der Waals surface area (Å²) in [5, 5.41) is 12.9. The van der Waals surface area contributed by atoms with Crippen LogP contribution in [0.5, 0.6) is 5.75 Å². The van der Waals surface area contributed by atoms with Gasteiger partial charge in [-0.05, 0) is 67.4 Å². The molecule has 0 aromatic heterocycles. The Morgan fingerprint density at radius 3 is 2.55 bits per heavy atom. The Morgan fingerprint density at radius 1 is 1.13 bits per heavy atom. The third kappa shape index (κ3) is 6.21. The first kappa shape index (κ1) is 22.6. The van der Waals surface area contributed by atoms with Crippen molar-refractivity contribution >= 4 is 45.2 Å². The normalized spacial score (nSPS) is 11.0. The molecule has 156 valence electrons. The molecule has 0 unspecified atom stereocenters. The number of benzene rings is 3. The second-order valence-electron chi connectivity index (χ2n) is 7.04. The lowest BCUT2D eigenvalue weighted by Crippen LogP contribution is -2.14. The molecule has 0 aliphatic rings. The Labute approximate surface area is 195 Å². The monoisotopic (exact) mass is 494 g/mol. The highest BCUT2D eigenvalue weighted by molar-refractivity contribution is 9.10. The Bertz CT molecular complexity index is 1180. The van der Waals surface area contributed by atoms with Crippen LogP contribution in [-0.2, 0) is 11.4 Å². The molecule has 0 atom stereocenters. The van der Waals surface area contributed by atoms with Gasteiger partial charge < -0.3 is 10.1 Å². The quantitative estimate of drug-likeness (QED) is 0.301. The van der Waals surface area contributed by atoms with Crippen LogP contribution in [0.15, 0.2) is 70.7 Å². The van der Waals surface area contributed by atoms with Crippen LogP contribution >= 0.6 is 27.5 Å². The number of aryl methyl sites for hydroxylation is 2. The number of rotatable bonds is 6. The van der Waals surface area contributed by atoms with E-state index in [0.717, 1.165) is 21.2 Å². The van der Waals surface area contributed by atoms with Gasteiger partial charge in [0.2, 0.25) is 0 Å². The molecule has 3 aromatic rings. The Morgan fingerprint density at radius 2 is 1.87 bits per heavy atom. The van der Waals surface area contributed by atoms with Crippen LogP contribution in [0, 0.1) is 25.2 Å². The highest BCUT2D eigenvalue weighted by atomic mass is 79.9. The lowest BCUT2D eigenvalue weighted by atomic mass is 10.1. The molecule has 0 bridgehead atoms. The molecular weight excluding hydrogens is 476 g/mol. The smallest absolute Gasteiger partial charge is 0.266 e. The first-order chi connectivity index (χ1) is 14.9. The summed E-state index contributed by atoms with van der Waals surface area (Å²) < 4.78 is 6.92. The van der Waals surface area contributed by atoms with E-state index in [0.29, 0.717) is 28.6 Å². The molecule has 0 saturated heterocycles. The van der Waals surface area contributed by atoms with E-state index in [9.17, 15) is 10.1 Å². The van der Waals surface area contributed by atoms with Gasteiger partial charge in [-0.25, -0.2) is 0 Å². The predicted octanol–water partition coefficient (Wildman–Crippen LogP) is 6.84. The summed E-state index contributed by atoms with van der Waals surface area (Å²) in [6.07, 6.45) is 1.49. The summed E-state index contributed by atoms with van der Waals surface area (Å²) in [5.41, 5.74) is 4.17. The number of carbonyl (C=O) groups excluding carboxylic acids is 1. The SMILES string of the molecule is Cc1ccc(NC(=O)/C(C#N)=C/c2cc(Cl)ccc2OCc2ccc(Br)cc2)c(C)c1. The molecule has 0 saturated carbocycles. The molecule has 0 fully saturated rings. The molecule has 0 spiro atoms. The van der Waals surface area contributed by atoms with Gasteiger partial charge in [-0.3, -0.25) is 4.79 Å². The molecule has 0 heterocycles. The highest BCUT2D eigenvalue weighted by Gasteiger charge is 2.13. The molecule has 6 heteroatoms. The predicted molar refractivity (Wildman–Crippen MR) is 128 cm³/mol. The van der Waals surface area contributed by atoms with Crippen LogP contribution in [-0.4, -0.2) is 5.91 Å². The summed E-state index contributed by atoms with van der Waals surface area (Å²) in [7, 11) is 0. The molecular formula is C25H20BrClN2O2. The molecule has 4 nitrogen and oxygen atoms in total. The lowest BCUT2D eigenvalue weighted by Gasteiger charge is -2.11. The number of nitrogens with zero attached hydrogens (tertiary/aromatic N) is 1. The van der Waals surface area contributed by atoms with E-state index in [4.69, 9.17) is 16.3 Å². The van der Waals surface area contributed by atoms with Gasteiger partial charge in [0.15, 0.2) is 0 Å². The number of nitrogens with one attached hydrogen (secondary N) is 1. The van der Waals surface area contributed by atoms with Crippen LogP contribution in [0.3, 0.4) is 0 Å². The summed E-state index contributed by atoms with van der Waals surface area (Å²) >= 11 is 9.56. The van der Waals surface area contributed by atoms with E-state index >= 15 is 0 Å². The second kappa shape index (κ2) is 10.3. The largest absolute Gasteiger partial charge is 0.488 e. The summed E-state index contributed by atoms with van der Waals surface area (Å²) in [4.78, 5) is 12.7. The number of anilines is 1. The maximum atomic E-state index is 12.7. The topological polar surface area (TPSA) is 62.1 Å². The number of amides is 1. The van der Waals surface area contributed by atoms with Gasteiger partial charge in [0.05, 0.1) is 0 Å². The maximum absolute atomic E-state index is 12.7. The fourth-order valence-electron chi connectivity index (χ4n) is 2.95. The third-order valence-electron chi connectivity index (χ3n) is 4.57. The first-order valence-electron chi connectivity index (χ1n) is 9.53. The fraction of sp³-hybridized carbons (Fsp3) is 0.120. The lowest BCUT2D eigenvalue weighted by molar-refractivity contribution is -0.112. The van der Waals surface area contributed by atoms with Crippen LogP contribution in [0.1, 0.15) is 22.3 Å². The van der Waals surface area contributed by atoms with Crippen LogP contribution in [0.2, 0.25) is 5.02 Å². The number of hydrogen-bond acceptors (Lipinski definition) is 3. The number of halogens is 2. The van der Waals surface area contributed by atoms with Crippen molar-refractivity contribution in [3.63, 3.8) is 0 Å². The molecule has 3 aromatic carbocycles. The standard InChI is InChI=1S/C25H20BrClN2O2/c1-16-3-9-23(17(2)11-16)29-25(30)20(14-28)12-19-13-22(27)8-10-24(19)31-15-18-4-6-21(26)7-5-18/h3-13H,15H2,1-2H3,(H,29,30)/b20-12+. The van der Waals surface area contributed by atoms with E-state index in [1.165, 1.54) is 6.08 Å². The van der Waals surface area contributed by atoms with Crippen LogP contribution in [0.4, 0.5) is 5.69 Å². The van der Waals surface area contributed by atoms with Crippen molar-refractivity contribution in [3.05, 3.63) is 98.0 Å². The van der Waals surface area contributed by atoms with Gasteiger partial charge in [0.1, 0.15) is 24.0 Å². The van der Waals surface area contributed by atoms with Crippen LogP contribution in [0.25, 0.3) is 6.08 Å².